The Labute approximate surface area is 79.5 Å². The lowest BCUT2D eigenvalue weighted by atomic mass is 10.1. The van der Waals surface area contributed by atoms with E-state index in [1.807, 2.05) is 7.05 Å². The lowest BCUT2D eigenvalue weighted by Crippen LogP contribution is -2.39. The third kappa shape index (κ3) is 2.88. The molecule has 0 saturated carbocycles. The fraction of sp³-hybridized carbons (Fsp3) is 0.889. The van der Waals surface area contributed by atoms with Crippen molar-refractivity contribution in [1.29, 1.82) is 0 Å². The topological polar surface area (TPSA) is 58.4 Å². The number of rotatable bonds is 4. The van der Waals surface area contributed by atoms with Crippen LogP contribution in [0.5, 0.6) is 0 Å². The fourth-order valence-electron chi connectivity index (χ4n) is 1.94. The minimum atomic E-state index is -0.257. The van der Waals surface area contributed by atoms with Crippen molar-refractivity contribution >= 4 is 6.03 Å². The van der Waals surface area contributed by atoms with Crippen LogP contribution in [-0.4, -0.2) is 37.1 Å². The summed E-state index contributed by atoms with van der Waals surface area (Å²) in [5.41, 5.74) is 5.26. The van der Waals surface area contributed by atoms with Gasteiger partial charge in [0.05, 0.1) is 0 Å². The highest BCUT2D eigenvalue weighted by molar-refractivity contribution is 5.72. The van der Waals surface area contributed by atoms with Crippen LogP contribution in [0.25, 0.3) is 0 Å². The summed E-state index contributed by atoms with van der Waals surface area (Å²) in [4.78, 5) is 12.8. The van der Waals surface area contributed by atoms with Crippen LogP contribution in [0.3, 0.4) is 0 Å². The van der Waals surface area contributed by atoms with Gasteiger partial charge >= 0.3 is 6.03 Å². The van der Waals surface area contributed by atoms with Gasteiger partial charge < -0.3 is 16.0 Å². The van der Waals surface area contributed by atoms with Crippen LogP contribution in [0.1, 0.15) is 25.7 Å². The molecule has 0 aromatic carbocycles. The van der Waals surface area contributed by atoms with Gasteiger partial charge in [0.1, 0.15) is 0 Å². The quantitative estimate of drug-likeness (QED) is 0.628. The molecule has 1 saturated heterocycles. The molecule has 1 heterocycles. The highest BCUT2D eigenvalue weighted by Crippen LogP contribution is 2.20. The van der Waals surface area contributed by atoms with Crippen molar-refractivity contribution in [2.75, 3.05) is 20.1 Å². The Morgan fingerprint density at radius 3 is 3.08 bits per heavy atom. The van der Waals surface area contributed by atoms with E-state index in [1.165, 1.54) is 0 Å². The highest BCUT2D eigenvalue weighted by atomic mass is 16.2. The fourth-order valence-corrected chi connectivity index (χ4v) is 1.94. The summed E-state index contributed by atoms with van der Waals surface area (Å²) in [5, 5.41) is 3.10. The average Bonchev–Trinajstić information content (AvgIpc) is 2.53. The summed E-state index contributed by atoms with van der Waals surface area (Å²) in [6.45, 7) is 1.86. The van der Waals surface area contributed by atoms with Gasteiger partial charge in [0, 0.05) is 12.6 Å². The molecule has 1 aliphatic rings. The lowest BCUT2D eigenvalue weighted by molar-refractivity contribution is 0.199. The Morgan fingerprint density at radius 2 is 2.46 bits per heavy atom. The molecule has 2 amide bonds. The van der Waals surface area contributed by atoms with Crippen LogP contribution in [-0.2, 0) is 0 Å². The summed E-state index contributed by atoms with van der Waals surface area (Å²) in [6.07, 6.45) is 4.41. The van der Waals surface area contributed by atoms with Gasteiger partial charge in [-0.25, -0.2) is 4.79 Å². The first-order valence-corrected chi connectivity index (χ1v) is 4.96. The van der Waals surface area contributed by atoms with Crippen LogP contribution in [0.2, 0.25) is 0 Å². The molecule has 1 aliphatic heterocycles. The van der Waals surface area contributed by atoms with Crippen LogP contribution in [0.4, 0.5) is 4.79 Å². The Balaban J connectivity index is 2.27. The molecule has 3 N–H and O–H groups in total. The molecule has 1 rings (SSSR count). The number of carbonyl (C=O) groups is 1. The standard InChI is InChI=1S/C9H19N3O/c1-11-6-2-4-8-5-3-7-12(8)9(10)13/h8,11H,2-7H2,1H3,(H2,10,13). The zero-order valence-corrected chi connectivity index (χ0v) is 8.25. The van der Waals surface area contributed by atoms with Gasteiger partial charge in [0.15, 0.2) is 0 Å². The summed E-state index contributed by atoms with van der Waals surface area (Å²) >= 11 is 0. The molecule has 0 aromatic rings. The second kappa shape index (κ2) is 5.07. The number of urea groups is 1. The normalized spacial score (nSPS) is 22.2. The number of hydrogen-bond donors (Lipinski definition) is 2. The largest absolute Gasteiger partial charge is 0.351 e. The van der Waals surface area contributed by atoms with Gasteiger partial charge in [-0.15, -0.1) is 0 Å². The second-order valence-corrected chi connectivity index (χ2v) is 3.57. The van der Waals surface area contributed by atoms with Gasteiger partial charge in [-0.05, 0) is 39.3 Å². The maximum Gasteiger partial charge on any atom is 0.315 e. The number of hydrogen-bond acceptors (Lipinski definition) is 2. The Kier molecular flexibility index (Phi) is 4.02. The van der Waals surface area contributed by atoms with Crippen molar-refractivity contribution in [1.82, 2.24) is 10.2 Å². The Bertz CT molecular complexity index is 172. The average molecular weight is 185 g/mol. The summed E-state index contributed by atoms with van der Waals surface area (Å²) in [5.74, 6) is 0. The number of nitrogens with one attached hydrogen (secondary N) is 1. The molecule has 1 unspecified atom stereocenters. The Morgan fingerprint density at radius 1 is 1.69 bits per heavy atom. The molecule has 0 aliphatic carbocycles. The van der Waals surface area contributed by atoms with E-state index in [4.69, 9.17) is 5.73 Å². The number of amides is 2. The van der Waals surface area contributed by atoms with Gasteiger partial charge in [0.25, 0.3) is 0 Å². The van der Waals surface area contributed by atoms with Crippen molar-refractivity contribution in [3.05, 3.63) is 0 Å². The van der Waals surface area contributed by atoms with Crippen LogP contribution < -0.4 is 11.1 Å². The van der Waals surface area contributed by atoms with Crippen molar-refractivity contribution in [2.45, 2.75) is 31.7 Å². The van der Waals surface area contributed by atoms with E-state index in [1.54, 1.807) is 4.90 Å². The monoisotopic (exact) mass is 185 g/mol. The number of nitrogens with zero attached hydrogens (tertiary/aromatic N) is 1. The highest BCUT2D eigenvalue weighted by Gasteiger charge is 2.26. The first-order chi connectivity index (χ1) is 6.25. The smallest absolute Gasteiger partial charge is 0.315 e. The summed E-state index contributed by atoms with van der Waals surface area (Å²) < 4.78 is 0. The van der Waals surface area contributed by atoms with Crippen molar-refractivity contribution in [3.8, 4) is 0 Å². The zero-order chi connectivity index (χ0) is 9.68. The SMILES string of the molecule is CNCCCC1CCCN1C(N)=O. The molecule has 0 spiro atoms. The van der Waals surface area contributed by atoms with E-state index in [9.17, 15) is 4.79 Å². The maximum absolute atomic E-state index is 11.0. The molecule has 13 heavy (non-hydrogen) atoms. The van der Waals surface area contributed by atoms with E-state index in [-0.39, 0.29) is 6.03 Å². The van der Waals surface area contributed by atoms with Crippen molar-refractivity contribution < 1.29 is 4.79 Å². The van der Waals surface area contributed by atoms with Gasteiger partial charge in [-0.3, -0.25) is 0 Å². The summed E-state index contributed by atoms with van der Waals surface area (Å²) in [6, 6.07) is 0.137. The molecule has 0 bridgehead atoms. The van der Waals surface area contributed by atoms with Gasteiger partial charge in [0.2, 0.25) is 0 Å². The number of nitrogens with two attached hydrogens (primary N) is 1. The van der Waals surface area contributed by atoms with Crippen molar-refractivity contribution in [2.24, 2.45) is 5.73 Å². The zero-order valence-electron chi connectivity index (χ0n) is 8.25. The minimum Gasteiger partial charge on any atom is -0.351 e. The van der Waals surface area contributed by atoms with Gasteiger partial charge in [-0.2, -0.15) is 0 Å². The van der Waals surface area contributed by atoms with E-state index in [0.29, 0.717) is 6.04 Å². The van der Waals surface area contributed by atoms with E-state index >= 15 is 0 Å². The molecular weight excluding hydrogens is 166 g/mol. The maximum atomic E-state index is 11.0. The first-order valence-electron chi connectivity index (χ1n) is 4.96. The first kappa shape index (κ1) is 10.3. The molecule has 4 heteroatoms. The third-order valence-electron chi connectivity index (χ3n) is 2.62. The molecule has 1 fully saturated rings. The predicted octanol–water partition coefficient (Wildman–Crippen LogP) is 0.529. The van der Waals surface area contributed by atoms with Crippen molar-refractivity contribution in [3.63, 3.8) is 0 Å². The molecule has 76 valence electrons. The minimum absolute atomic E-state index is 0.257. The molecule has 4 nitrogen and oxygen atoms in total. The number of primary amides is 1. The second-order valence-electron chi connectivity index (χ2n) is 3.57. The lowest BCUT2D eigenvalue weighted by Gasteiger charge is -2.22. The van der Waals surface area contributed by atoms with Crippen LogP contribution >= 0.6 is 0 Å². The van der Waals surface area contributed by atoms with Gasteiger partial charge in [-0.1, -0.05) is 0 Å². The summed E-state index contributed by atoms with van der Waals surface area (Å²) in [7, 11) is 1.94. The molecular formula is C9H19N3O. The van der Waals surface area contributed by atoms with E-state index in [0.717, 1.165) is 38.8 Å². The number of likely N-dealkylation sites (tertiary alicyclic amines) is 1. The Hall–Kier alpha value is -0.770. The third-order valence-corrected chi connectivity index (χ3v) is 2.62. The predicted molar refractivity (Wildman–Crippen MR) is 52.5 cm³/mol. The molecule has 1 atom stereocenters. The number of carbonyl (C=O) groups excluding carboxylic acids is 1. The van der Waals surface area contributed by atoms with Crippen LogP contribution in [0, 0.1) is 0 Å². The molecule has 0 radical (unpaired) electrons. The molecule has 0 aromatic heterocycles. The van der Waals surface area contributed by atoms with Crippen LogP contribution in [0.15, 0.2) is 0 Å². The van der Waals surface area contributed by atoms with E-state index < -0.39 is 0 Å². The van der Waals surface area contributed by atoms with E-state index in [2.05, 4.69) is 5.32 Å².